The normalized spacial score (nSPS) is 20.9. The third-order valence-corrected chi connectivity index (χ3v) is 13.6. The number of aromatic nitrogens is 8. The summed E-state index contributed by atoms with van der Waals surface area (Å²) in [5.74, 6) is 0.393. The molecule has 6 atom stereocenters. The average Bonchev–Trinajstić information content (AvgIpc) is 4.12. The zero-order valence-corrected chi connectivity index (χ0v) is 40.2. The van der Waals surface area contributed by atoms with Crippen molar-refractivity contribution in [3.8, 4) is 33.8 Å². The van der Waals surface area contributed by atoms with E-state index in [1.807, 2.05) is 0 Å². The van der Waals surface area contributed by atoms with Crippen LogP contribution in [0.25, 0.3) is 44.3 Å². The van der Waals surface area contributed by atoms with Crippen LogP contribution in [0.3, 0.4) is 0 Å². The molecule has 24 heteroatoms. The number of fused-ring (bicyclic) bond motifs is 18. The van der Waals surface area contributed by atoms with E-state index < -0.39 is 73.3 Å². The molecule has 0 saturated carbocycles. The number of aliphatic hydroxyl groups is 2. The van der Waals surface area contributed by atoms with Gasteiger partial charge in [-0.3, -0.25) is 0 Å². The predicted octanol–water partition coefficient (Wildman–Crippen LogP) is 12.0. The number of ether oxygens (including phenoxy) is 4. The molecule has 4 bridgehead atoms. The van der Waals surface area contributed by atoms with Crippen molar-refractivity contribution in [1.82, 2.24) is 39.0 Å². The van der Waals surface area contributed by atoms with E-state index in [1.165, 1.54) is 36.4 Å². The first-order valence-electron chi connectivity index (χ1n) is 23.6. The molecule has 0 saturated heterocycles. The highest BCUT2D eigenvalue weighted by molar-refractivity contribution is 5.84. The standard InChI is InChI=1S/2C26H21F5N4O3/c2*1-25(2,36)23-32-10-13(11-33-23)12-6-7-15-16(8-12)35-17-9-19(22(35)34-15)37-21(26(29,30)31)14-4-3-5-18(20(14)17)38-24(27)28/h2*3-8,10-11,17,19,21,24,36H,9H2,1-2H3/t2*17-,19-,21?/m11/s1. The van der Waals surface area contributed by atoms with Crippen LogP contribution in [0, 0.1) is 0 Å². The topological polar surface area (TPSA) is 165 Å². The smallest absolute Gasteiger partial charge is 0.418 e. The lowest BCUT2D eigenvalue weighted by atomic mass is 9.94. The van der Waals surface area contributed by atoms with Crippen molar-refractivity contribution >= 4 is 22.1 Å². The lowest BCUT2D eigenvalue weighted by Gasteiger charge is -2.27. The summed E-state index contributed by atoms with van der Waals surface area (Å²) in [5, 5.41) is 20.3. The Bertz CT molecular complexity index is 3290. The molecule has 396 valence electrons. The molecular weight excluding hydrogens is 1020 g/mol. The third kappa shape index (κ3) is 9.02. The van der Waals surface area contributed by atoms with E-state index in [2.05, 4.69) is 39.4 Å². The van der Waals surface area contributed by atoms with E-state index >= 15 is 0 Å². The summed E-state index contributed by atoms with van der Waals surface area (Å²) < 4.78 is 162. The van der Waals surface area contributed by atoms with E-state index in [0.29, 0.717) is 44.3 Å². The van der Waals surface area contributed by atoms with Gasteiger partial charge in [-0.15, -0.1) is 0 Å². The van der Waals surface area contributed by atoms with Crippen molar-refractivity contribution in [3.63, 3.8) is 0 Å². The Morgan fingerprint density at radius 3 is 1.24 bits per heavy atom. The summed E-state index contributed by atoms with van der Waals surface area (Å²) in [7, 11) is 0. The Hall–Kier alpha value is -7.28. The lowest BCUT2D eigenvalue weighted by Crippen LogP contribution is -2.26. The molecule has 4 aliphatic heterocycles. The summed E-state index contributed by atoms with van der Waals surface area (Å²) >= 11 is 0. The van der Waals surface area contributed by atoms with Gasteiger partial charge in [0.05, 0.1) is 34.2 Å². The Balaban J connectivity index is 0.000000162. The predicted molar refractivity (Wildman–Crippen MR) is 249 cm³/mol. The Kier molecular flexibility index (Phi) is 12.2. The quantitative estimate of drug-likeness (QED) is 0.139. The van der Waals surface area contributed by atoms with Gasteiger partial charge in [0.1, 0.15) is 46.6 Å². The lowest BCUT2D eigenvalue weighted by molar-refractivity contribution is -0.237. The maximum atomic E-state index is 14.1. The second-order valence-electron chi connectivity index (χ2n) is 19.7. The molecule has 0 amide bonds. The fourth-order valence-electron chi connectivity index (χ4n) is 10.5. The minimum absolute atomic E-state index is 0.000980. The van der Waals surface area contributed by atoms with Crippen LogP contribution in [0.2, 0.25) is 0 Å². The third-order valence-electron chi connectivity index (χ3n) is 13.6. The average molecular weight is 1060 g/mol. The first kappa shape index (κ1) is 50.9. The van der Waals surface area contributed by atoms with Crippen LogP contribution in [-0.2, 0) is 20.7 Å². The summed E-state index contributed by atoms with van der Waals surface area (Å²) in [6.45, 7) is -0.160. The zero-order chi connectivity index (χ0) is 54.0. The molecule has 0 spiro atoms. The number of rotatable bonds is 8. The highest BCUT2D eigenvalue weighted by atomic mass is 19.4. The number of benzene rings is 4. The molecule has 0 radical (unpaired) electrons. The van der Waals surface area contributed by atoms with E-state index in [4.69, 9.17) is 9.47 Å². The van der Waals surface area contributed by atoms with Gasteiger partial charge < -0.3 is 38.3 Å². The molecular formula is C52H42F10N8O6. The number of hydrogen-bond donors (Lipinski definition) is 2. The maximum absolute atomic E-state index is 14.1. The van der Waals surface area contributed by atoms with Crippen molar-refractivity contribution < 1.29 is 73.1 Å². The van der Waals surface area contributed by atoms with Gasteiger partial charge in [0.25, 0.3) is 0 Å². The van der Waals surface area contributed by atoms with E-state index in [9.17, 15) is 54.1 Å². The van der Waals surface area contributed by atoms with E-state index in [-0.39, 0.29) is 69.9 Å². The van der Waals surface area contributed by atoms with Gasteiger partial charge >= 0.3 is 25.6 Å². The first-order chi connectivity index (χ1) is 35.8. The molecule has 0 fully saturated rings. The largest absolute Gasteiger partial charge is 0.434 e. The van der Waals surface area contributed by atoms with Gasteiger partial charge in [-0.2, -0.15) is 43.9 Å². The summed E-state index contributed by atoms with van der Waals surface area (Å²) in [6, 6.07) is 16.5. The van der Waals surface area contributed by atoms with Crippen LogP contribution < -0.4 is 9.47 Å². The number of imidazole rings is 2. The summed E-state index contributed by atoms with van der Waals surface area (Å²) in [5.41, 5.74) is 1.92. The summed E-state index contributed by atoms with van der Waals surface area (Å²) in [4.78, 5) is 26.1. The van der Waals surface area contributed by atoms with Gasteiger partial charge in [-0.25, -0.2) is 29.9 Å². The molecule has 4 aliphatic rings. The van der Waals surface area contributed by atoms with Crippen LogP contribution in [0.15, 0.2) is 97.6 Å². The summed E-state index contributed by atoms with van der Waals surface area (Å²) in [6.07, 6.45) is -9.80. The maximum Gasteiger partial charge on any atom is 0.418 e. The highest BCUT2D eigenvalue weighted by Crippen LogP contribution is 2.57. The fourth-order valence-corrected chi connectivity index (χ4v) is 10.5. The van der Waals surface area contributed by atoms with Crippen molar-refractivity contribution in [2.24, 2.45) is 0 Å². The van der Waals surface area contributed by atoms with Gasteiger partial charge in [-0.1, -0.05) is 36.4 Å². The molecule has 0 aliphatic carbocycles. The van der Waals surface area contributed by atoms with Gasteiger partial charge in [0.2, 0.25) is 0 Å². The number of hydrogen-bond acceptors (Lipinski definition) is 12. The van der Waals surface area contributed by atoms with Crippen LogP contribution in [0.5, 0.6) is 11.5 Å². The SMILES string of the molecule is CC(C)(O)c1ncc(-c2ccc3nc4n(c3c2)[C@@H]2C[C@H]4OC(C(F)(F)F)c3cccc(OC(F)F)c32)cn1.CC(C)(O)c1ncc(-c2ccc3nc4n(c3c2)[C@@H]2C[C@H]4OC(C(F)(F)F)c3cccc(OC(F)F)c32)cn1. The molecule has 4 aromatic carbocycles. The van der Waals surface area contributed by atoms with Gasteiger partial charge in [0.15, 0.2) is 23.9 Å². The molecule has 14 nitrogen and oxygen atoms in total. The van der Waals surface area contributed by atoms with Crippen molar-refractivity contribution in [3.05, 3.63) is 143 Å². The molecule has 76 heavy (non-hydrogen) atoms. The minimum Gasteiger partial charge on any atom is -0.434 e. The second kappa shape index (κ2) is 18.2. The van der Waals surface area contributed by atoms with Crippen LogP contribution >= 0.6 is 0 Å². The van der Waals surface area contributed by atoms with Crippen LogP contribution in [-0.4, -0.2) is 74.8 Å². The van der Waals surface area contributed by atoms with Crippen molar-refractivity contribution in [2.75, 3.05) is 0 Å². The van der Waals surface area contributed by atoms with Crippen molar-refractivity contribution in [2.45, 2.75) is 114 Å². The van der Waals surface area contributed by atoms with Crippen LogP contribution in [0.1, 0.15) is 123 Å². The van der Waals surface area contributed by atoms with Gasteiger partial charge in [0, 0.05) is 59.9 Å². The molecule has 8 heterocycles. The number of nitrogens with zero attached hydrogens (tertiary/aromatic N) is 8. The molecule has 2 N–H and O–H groups in total. The van der Waals surface area contributed by atoms with Crippen LogP contribution in [0.4, 0.5) is 43.9 Å². The molecule has 12 rings (SSSR count). The molecule has 4 aromatic heterocycles. The van der Waals surface area contributed by atoms with Gasteiger partial charge in [-0.05, 0) is 86.3 Å². The number of alkyl halides is 10. The minimum atomic E-state index is -4.78. The van der Waals surface area contributed by atoms with Crippen molar-refractivity contribution in [1.29, 1.82) is 0 Å². The Morgan fingerprint density at radius 2 is 0.908 bits per heavy atom. The Labute approximate surface area is 423 Å². The molecule has 2 unspecified atom stereocenters. The Morgan fingerprint density at radius 1 is 0.539 bits per heavy atom. The highest BCUT2D eigenvalue weighted by Gasteiger charge is 2.53. The first-order valence-corrected chi connectivity index (χ1v) is 23.6. The second-order valence-corrected chi connectivity index (χ2v) is 19.7. The zero-order valence-electron chi connectivity index (χ0n) is 40.2. The number of halogens is 10. The molecule has 8 aromatic rings. The van der Waals surface area contributed by atoms with E-state index in [1.54, 1.807) is 98.0 Å². The monoisotopic (exact) mass is 1060 g/mol. The fraction of sp³-hybridized carbons (Fsp3) is 0.346. The van der Waals surface area contributed by atoms with E-state index in [0.717, 1.165) is 0 Å².